The van der Waals surface area contributed by atoms with Gasteiger partial charge in [-0.3, -0.25) is 14.6 Å². The maximum absolute atomic E-state index is 12.2. The zero-order valence-corrected chi connectivity index (χ0v) is 16.7. The zero-order chi connectivity index (χ0) is 20.8. The fourth-order valence-electron chi connectivity index (χ4n) is 2.82. The van der Waals surface area contributed by atoms with Gasteiger partial charge in [0.15, 0.2) is 6.61 Å². The fraction of sp³-hybridized carbons (Fsp3) is 0.174. The van der Waals surface area contributed by atoms with Crippen molar-refractivity contribution >= 4 is 23.2 Å². The molecule has 3 aromatic rings. The summed E-state index contributed by atoms with van der Waals surface area (Å²) in [6.45, 7) is 5.87. The lowest BCUT2D eigenvalue weighted by molar-refractivity contribution is -0.118. The van der Waals surface area contributed by atoms with Crippen molar-refractivity contribution in [1.29, 1.82) is 0 Å². The van der Waals surface area contributed by atoms with E-state index in [1.165, 1.54) is 6.20 Å². The van der Waals surface area contributed by atoms with Crippen LogP contribution in [0, 0.1) is 20.8 Å². The maximum Gasteiger partial charge on any atom is 0.262 e. The molecule has 0 aliphatic rings. The number of hydrogen-bond acceptors (Lipinski definition) is 4. The number of hydrogen-bond donors (Lipinski definition) is 2. The molecule has 2 N–H and O–H groups in total. The summed E-state index contributed by atoms with van der Waals surface area (Å²) in [4.78, 5) is 28.3. The van der Waals surface area contributed by atoms with Crippen LogP contribution in [0.25, 0.3) is 0 Å². The molecule has 148 valence electrons. The van der Waals surface area contributed by atoms with Gasteiger partial charge in [-0.1, -0.05) is 12.1 Å². The van der Waals surface area contributed by atoms with Gasteiger partial charge in [-0.05, 0) is 73.9 Å². The lowest BCUT2D eigenvalue weighted by Crippen LogP contribution is -2.20. The molecule has 1 heterocycles. The van der Waals surface area contributed by atoms with Gasteiger partial charge < -0.3 is 15.4 Å². The quantitative estimate of drug-likeness (QED) is 0.660. The molecule has 0 radical (unpaired) electrons. The standard InChI is InChI=1S/C23H23N3O3/c1-15-6-7-16(2)22(17(15)3)29-14-21(27)25-19-8-10-20(11-9-19)26-23(28)18-5-4-12-24-13-18/h4-13H,14H2,1-3H3,(H,25,27)(H,26,28). The van der Waals surface area contributed by atoms with E-state index >= 15 is 0 Å². The van der Waals surface area contributed by atoms with Crippen LogP contribution in [0.5, 0.6) is 5.75 Å². The molecule has 3 rings (SSSR count). The second-order valence-corrected chi connectivity index (χ2v) is 6.76. The average Bonchev–Trinajstić information content (AvgIpc) is 2.73. The molecule has 1 aromatic heterocycles. The first kappa shape index (κ1) is 20.1. The van der Waals surface area contributed by atoms with Crippen molar-refractivity contribution in [1.82, 2.24) is 4.98 Å². The molecule has 0 unspecified atom stereocenters. The molecular formula is C23H23N3O3. The van der Waals surface area contributed by atoms with Crippen LogP contribution in [-0.4, -0.2) is 23.4 Å². The van der Waals surface area contributed by atoms with Gasteiger partial charge in [0.2, 0.25) is 0 Å². The van der Waals surface area contributed by atoms with Crippen LogP contribution in [0.4, 0.5) is 11.4 Å². The molecule has 0 bridgehead atoms. The Morgan fingerprint density at radius 2 is 1.55 bits per heavy atom. The number of ether oxygens (including phenoxy) is 1. The van der Waals surface area contributed by atoms with Crippen molar-refractivity contribution in [2.45, 2.75) is 20.8 Å². The van der Waals surface area contributed by atoms with Gasteiger partial charge in [0.05, 0.1) is 5.56 Å². The average molecular weight is 389 g/mol. The monoisotopic (exact) mass is 389 g/mol. The summed E-state index contributed by atoms with van der Waals surface area (Å²) in [7, 11) is 0. The highest BCUT2D eigenvalue weighted by atomic mass is 16.5. The van der Waals surface area contributed by atoms with Crippen molar-refractivity contribution in [2.24, 2.45) is 0 Å². The third-order valence-electron chi connectivity index (χ3n) is 4.57. The van der Waals surface area contributed by atoms with Gasteiger partial charge in [-0.25, -0.2) is 0 Å². The first-order valence-electron chi connectivity index (χ1n) is 9.25. The number of aryl methyl sites for hydroxylation is 2. The molecule has 6 nitrogen and oxygen atoms in total. The fourth-order valence-corrected chi connectivity index (χ4v) is 2.82. The summed E-state index contributed by atoms with van der Waals surface area (Å²) in [5, 5.41) is 5.58. The molecule has 0 saturated carbocycles. The van der Waals surface area contributed by atoms with Crippen molar-refractivity contribution in [3.63, 3.8) is 0 Å². The third kappa shape index (κ3) is 5.19. The van der Waals surface area contributed by atoms with Crippen molar-refractivity contribution in [3.8, 4) is 5.75 Å². The molecule has 0 fully saturated rings. The van der Waals surface area contributed by atoms with E-state index in [0.29, 0.717) is 16.9 Å². The molecule has 0 spiro atoms. The summed E-state index contributed by atoms with van der Waals surface area (Å²) in [5.74, 6) is 0.248. The van der Waals surface area contributed by atoms with E-state index in [2.05, 4.69) is 15.6 Å². The molecule has 0 atom stereocenters. The Morgan fingerprint density at radius 3 is 2.21 bits per heavy atom. The second-order valence-electron chi connectivity index (χ2n) is 6.76. The van der Waals surface area contributed by atoms with Gasteiger partial charge >= 0.3 is 0 Å². The summed E-state index contributed by atoms with van der Waals surface area (Å²) >= 11 is 0. The summed E-state index contributed by atoms with van der Waals surface area (Å²) < 4.78 is 5.73. The highest BCUT2D eigenvalue weighted by Crippen LogP contribution is 2.25. The van der Waals surface area contributed by atoms with Crippen LogP contribution in [0.3, 0.4) is 0 Å². The van der Waals surface area contributed by atoms with Gasteiger partial charge in [0.25, 0.3) is 11.8 Å². The van der Waals surface area contributed by atoms with Gasteiger partial charge in [0, 0.05) is 23.8 Å². The summed E-state index contributed by atoms with van der Waals surface area (Å²) in [6, 6.07) is 14.3. The molecule has 0 saturated heterocycles. The topological polar surface area (TPSA) is 80.3 Å². The highest BCUT2D eigenvalue weighted by Gasteiger charge is 2.10. The maximum atomic E-state index is 12.2. The number of carbonyl (C=O) groups excluding carboxylic acids is 2. The van der Waals surface area contributed by atoms with Gasteiger partial charge in [-0.2, -0.15) is 0 Å². The van der Waals surface area contributed by atoms with E-state index in [9.17, 15) is 9.59 Å². The van der Waals surface area contributed by atoms with Crippen molar-refractivity contribution < 1.29 is 14.3 Å². The van der Waals surface area contributed by atoms with E-state index in [4.69, 9.17) is 4.74 Å². The minimum atomic E-state index is -0.252. The molecule has 0 aliphatic carbocycles. The number of benzene rings is 2. The Hall–Kier alpha value is -3.67. The number of nitrogens with one attached hydrogen (secondary N) is 2. The number of anilines is 2. The number of carbonyl (C=O) groups is 2. The van der Waals surface area contributed by atoms with E-state index < -0.39 is 0 Å². The molecule has 29 heavy (non-hydrogen) atoms. The molecule has 6 heteroatoms. The van der Waals surface area contributed by atoms with E-state index in [-0.39, 0.29) is 18.4 Å². The van der Waals surface area contributed by atoms with Crippen LogP contribution >= 0.6 is 0 Å². The van der Waals surface area contributed by atoms with Gasteiger partial charge in [0.1, 0.15) is 5.75 Å². The number of pyridine rings is 1. The number of rotatable bonds is 6. The van der Waals surface area contributed by atoms with Crippen LogP contribution in [0.15, 0.2) is 60.9 Å². The van der Waals surface area contributed by atoms with Gasteiger partial charge in [-0.15, -0.1) is 0 Å². The second kappa shape index (κ2) is 9.01. The SMILES string of the molecule is Cc1ccc(C)c(OCC(=O)Nc2ccc(NC(=O)c3cccnc3)cc2)c1C. The number of aromatic nitrogens is 1. The third-order valence-corrected chi connectivity index (χ3v) is 4.57. The molecule has 2 amide bonds. The summed E-state index contributed by atoms with van der Waals surface area (Å²) in [5.41, 5.74) is 4.87. The first-order chi connectivity index (χ1) is 13.9. The lowest BCUT2D eigenvalue weighted by atomic mass is 10.1. The predicted molar refractivity (Wildman–Crippen MR) is 113 cm³/mol. The largest absolute Gasteiger partial charge is 0.483 e. The number of nitrogens with zero attached hydrogens (tertiary/aromatic N) is 1. The highest BCUT2D eigenvalue weighted by molar-refractivity contribution is 6.04. The predicted octanol–water partition coefficient (Wildman–Crippen LogP) is 4.28. The van der Waals surface area contributed by atoms with Crippen LogP contribution in [-0.2, 0) is 4.79 Å². The minimum absolute atomic E-state index is 0.0787. The Bertz CT molecular complexity index is 1020. The number of amides is 2. The van der Waals surface area contributed by atoms with Crippen molar-refractivity contribution in [3.05, 3.63) is 83.2 Å². The van der Waals surface area contributed by atoms with E-state index in [1.54, 1.807) is 42.6 Å². The Balaban J connectivity index is 1.55. The molecule has 2 aromatic carbocycles. The normalized spacial score (nSPS) is 10.3. The Morgan fingerprint density at radius 1 is 0.897 bits per heavy atom. The Kier molecular flexibility index (Phi) is 6.24. The zero-order valence-electron chi connectivity index (χ0n) is 16.7. The van der Waals surface area contributed by atoms with E-state index in [0.717, 1.165) is 22.4 Å². The van der Waals surface area contributed by atoms with Crippen LogP contribution in [0.1, 0.15) is 27.0 Å². The minimum Gasteiger partial charge on any atom is -0.483 e. The summed E-state index contributed by atoms with van der Waals surface area (Å²) in [6.07, 6.45) is 3.11. The molecule has 0 aliphatic heterocycles. The van der Waals surface area contributed by atoms with E-state index in [1.807, 2.05) is 32.9 Å². The smallest absolute Gasteiger partial charge is 0.262 e. The lowest BCUT2D eigenvalue weighted by Gasteiger charge is -2.14. The van der Waals surface area contributed by atoms with Crippen LogP contribution < -0.4 is 15.4 Å². The first-order valence-corrected chi connectivity index (χ1v) is 9.25. The Labute approximate surface area is 169 Å². The molecular weight excluding hydrogens is 366 g/mol. The van der Waals surface area contributed by atoms with Crippen LogP contribution in [0.2, 0.25) is 0 Å². The van der Waals surface area contributed by atoms with Crippen molar-refractivity contribution in [2.75, 3.05) is 17.2 Å².